The average Bonchev–Trinajstić information content (AvgIpc) is 2.04. The van der Waals surface area contributed by atoms with Crippen LogP contribution in [-0.2, 0) is 0 Å². The first-order valence-corrected chi connectivity index (χ1v) is 5.00. The molecule has 0 fully saturated rings. The molecule has 0 spiro atoms. The molecule has 13 heavy (non-hydrogen) atoms. The second kappa shape index (κ2) is 4.07. The maximum atomic E-state index is 2.37. The number of rotatable bonds is 0. The molecule has 0 aliphatic carbocycles. The van der Waals surface area contributed by atoms with Crippen LogP contribution >= 0.6 is 22.6 Å². The summed E-state index contributed by atoms with van der Waals surface area (Å²) in [7, 11) is 0. The van der Waals surface area contributed by atoms with Crippen molar-refractivity contribution in [3.05, 3.63) is 45.5 Å². The summed E-state index contributed by atoms with van der Waals surface area (Å²) in [6.45, 7) is 2.12. The van der Waals surface area contributed by atoms with E-state index in [4.69, 9.17) is 0 Å². The lowest BCUT2D eigenvalue weighted by Crippen LogP contribution is -1.78. The van der Waals surface area contributed by atoms with Crippen molar-refractivity contribution in [1.29, 1.82) is 0 Å². The highest BCUT2D eigenvalue weighted by Gasteiger charge is 1.96. The van der Waals surface area contributed by atoms with E-state index in [2.05, 4.69) is 65.9 Å². The fraction of sp³-hybridized carbons (Fsp3) is 0.0909. The largest absolute Gasteiger partial charge is 0.344 e. The molecular formula is C11H12IN. The number of aryl methyl sites for hydroxylation is 1. The molecule has 3 N–H and O–H groups in total. The molecule has 0 saturated heterocycles. The topological polar surface area (TPSA) is 35.0 Å². The first-order valence-electron chi connectivity index (χ1n) is 3.92. The average molecular weight is 285 g/mol. The van der Waals surface area contributed by atoms with Crippen LogP contribution < -0.4 is 6.15 Å². The Morgan fingerprint density at radius 2 is 1.85 bits per heavy atom. The van der Waals surface area contributed by atoms with Gasteiger partial charge in [-0.1, -0.05) is 35.9 Å². The molecule has 0 saturated carbocycles. The minimum absolute atomic E-state index is 0. The lowest BCUT2D eigenvalue weighted by atomic mass is 10.1. The number of hydrogen-bond acceptors (Lipinski definition) is 1. The number of halogens is 1. The SMILES string of the molecule is Cc1ccc2c(I)cccc2c1.N. The molecule has 0 atom stereocenters. The Morgan fingerprint density at radius 3 is 2.62 bits per heavy atom. The van der Waals surface area contributed by atoms with Gasteiger partial charge in [0.15, 0.2) is 0 Å². The normalized spacial score (nSPS) is 9.69. The van der Waals surface area contributed by atoms with Gasteiger partial charge in [-0.15, -0.1) is 0 Å². The third kappa shape index (κ3) is 2.00. The highest BCUT2D eigenvalue weighted by Crippen LogP contribution is 2.21. The van der Waals surface area contributed by atoms with Crippen LogP contribution in [0.3, 0.4) is 0 Å². The molecule has 0 unspecified atom stereocenters. The minimum atomic E-state index is 0. The number of hydrogen-bond donors (Lipinski definition) is 1. The molecule has 0 aliphatic heterocycles. The van der Waals surface area contributed by atoms with Gasteiger partial charge in [-0.3, -0.25) is 0 Å². The molecule has 0 amide bonds. The number of fused-ring (bicyclic) bond motifs is 1. The van der Waals surface area contributed by atoms with E-state index in [0.717, 1.165) is 0 Å². The zero-order valence-corrected chi connectivity index (χ0v) is 9.71. The van der Waals surface area contributed by atoms with E-state index in [-0.39, 0.29) is 6.15 Å². The van der Waals surface area contributed by atoms with Crippen LogP contribution in [0.4, 0.5) is 0 Å². The predicted molar refractivity (Wildman–Crippen MR) is 66.4 cm³/mol. The molecule has 0 radical (unpaired) electrons. The molecule has 0 bridgehead atoms. The molecular weight excluding hydrogens is 273 g/mol. The summed E-state index contributed by atoms with van der Waals surface area (Å²) in [6, 6.07) is 13.0. The highest BCUT2D eigenvalue weighted by atomic mass is 127. The molecule has 2 aromatic carbocycles. The van der Waals surface area contributed by atoms with Gasteiger partial charge >= 0.3 is 0 Å². The lowest BCUT2D eigenvalue weighted by molar-refractivity contribution is 1.50. The first-order chi connectivity index (χ1) is 5.77. The Labute approximate surface area is 91.9 Å². The number of benzene rings is 2. The summed E-state index contributed by atoms with van der Waals surface area (Å²) in [5.41, 5.74) is 1.32. The maximum Gasteiger partial charge on any atom is 0.0208 e. The summed E-state index contributed by atoms with van der Waals surface area (Å²) < 4.78 is 1.32. The van der Waals surface area contributed by atoms with E-state index < -0.39 is 0 Å². The lowest BCUT2D eigenvalue weighted by Gasteiger charge is -2.00. The van der Waals surface area contributed by atoms with Gasteiger partial charge in [0.2, 0.25) is 0 Å². The van der Waals surface area contributed by atoms with Crippen LogP contribution in [-0.4, -0.2) is 0 Å². The second-order valence-corrected chi connectivity index (χ2v) is 4.13. The second-order valence-electron chi connectivity index (χ2n) is 2.96. The first kappa shape index (κ1) is 10.5. The smallest absolute Gasteiger partial charge is 0.0208 e. The van der Waals surface area contributed by atoms with E-state index >= 15 is 0 Å². The Balaban J connectivity index is 0.000000845. The summed E-state index contributed by atoms with van der Waals surface area (Å²) in [5.74, 6) is 0. The molecule has 0 aromatic heterocycles. The van der Waals surface area contributed by atoms with Crippen molar-refractivity contribution in [3.8, 4) is 0 Å². The summed E-state index contributed by atoms with van der Waals surface area (Å²) in [6.07, 6.45) is 0. The molecule has 1 nitrogen and oxygen atoms in total. The molecule has 0 heterocycles. The van der Waals surface area contributed by atoms with Crippen LogP contribution in [0.5, 0.6) is 0 Å². The van der Waals surface area contributed by atoms with E-state index in [1.54, 1.807) is 0 Å². The van der Waals surface area contributed by atoms with E-state index in [1.165, 1.54) is 19.9 Å². The third-order valence-electron chi connectivity index (χ3n) is 1.98. The monoisotopic (exact) mass is 285 g/mol. The minimum Gasteiger partial charge on any atom is -0.344 e. The van der Waals surface area contributed by atoms with Crippen molar-refractivity contribution in [2.75, 3.05) is 0 Å². The quantitative estimate of drug-likeness (QED) is 0.732. The van der Waals surface area contributed by atoms with Gasteiger partial charge in [0.1, 0.15) is 0 Å². The van der Waals surface area contributed by atoms with Crippen LogP contribution in [0.2, 0.25) is 0 Å². The molecule has 2 heteroatoms. The van der Waals surface area contributed by atoms with Gasteiger partial charge in [-0.25, -0.2) is 0 Å². The van der Waals surface area contributed by atoms with Crippen molar-refractivity contribution in [2.45, 2.75) is 6.92 Å². The van der Waals surface area contributed by atoms with Gasteiger partial charge in [0.05, 0.1) is 0 Å². The fourth-order valence-electron chi connectivity index (χ4n) is 1.36. The Hall–Kier alpha value is -0.610. The van der Waals surface area contributed by atoms with Gasteiger partial charge < -0.3 is 6.15 Å². The highest BCUT2D eigenvalue weighted by molar-refractivity contribution is 14.1. The van der Waals surface area contributed by atoms with Crippen LogP contribution in [0.15, 0.2) is 36.4 Å². The zero-order chi connectivity index (χ0) is 8.55. The molecule has 2 aromatic rings. The zero-order valence-electron chi connectivity index (χ0n) is 7.55. The molecule has 2 rings (SSSR count). The standard InChI is InChI=1S/C11H9I.H3N/c1-8-5-6-10-9(7-8)3-2-4-11(10)12;/h2-7H,1H3;1H3. The molecule has 0 aliphatic rings. The summed E-state index contributed by atoms with van der Waals surface area (Å²) >= 11 is 2.37. The third-order valence-corrected chi connectivity index (χ3v) is 2.92. The summed E-state index contributed by atoms with van der Waals surface area (Å²) in [4.78, 5) is 0. The van der Waals surface area contributed by atoms with Gasteiger partial charge in [0.25, 0.3) is 0 Å². The van der Waals surface area contributed by atoms with Crippen molar-refractivity contribution in [3.63, 3.8) is 0 Å². The summed E-state index contributed by atoms with van der Waals surface area (Å²) in [5, 5.41) is 2.69. The van der Waals surface area contributed by atoms with Crippen LogP contribution in [0.25, 0.3) is 10.8 Å². The van der Waals surface area contributed by atoms with E-state index in [1.807, 2.05) is 0 Å². The van der Waals surface area contributed by atoms with Gasteiger partial charge in [-0.05, 0) is 46.4 Å². The van der Waals surface area contributed by atoms with Crippen molar-refractivity contribution < 1.29 is 0 Å². The van der Waals surface area contributed by atoms with Crippen LogP contribution in [0, 0.1) is 10.5 Å². The predicted octanol–water partition coefficient (Wildman–Crippen LogP) is 3.91. The van der Waals surface area contributed by atoms with Crippen molar-refractivity contribution >= 4 is 33.4 Å². The Kier molecular flexibility index (Phi) is 3.27. The van der Waals surface area contributed by atoms with E-state index in [9.17, 15) is 0 Å². The molecule has 68 valence electrons. The van der Waals surface area contributed by atoms with Gasteiger partial charge in [-0.2, -0.15) is 0 Å². The van der Waals surface area contributed by atoms with E-state index in [0.29, 0.717) is 0 Å². The van der Waals surface area contributed by atoms with Crippen molar-refractivity contribution in [1.82, 2.24) is 6.15 Å². The Morgan fingerprint density at radius 1 is 1.08 bits per heavy atom. The fourth-order valence-corrected chi connectivity index (χ4v) is 2.06. The Bertz CT molecular complexity index is 423. The van der Waals surface area contributed by atoms with Crippen LogP contribution in [0.1, 0.15) is 5.56 Å². The maximum absolute atomic E-state index is 2.37. The van der Waals surface area contributed by atoms with Crippen molar-refractivity contribution in [2.24, 2.45) is 0 Å². The van der Waals surface area contributed by atoms with Gasteiger partial charge in [0, 0.05) is 3.57 Å².